The number of para-hydroxylation sites is 1. The maximum atomic E-state index is 13.9. The van der Waals surface area contributed by atoms with Crippen molar-refractivity contribution in [3.8, 4) is 0 Å². The zero-order valence-electron chi connectivity index (χ0n) is 21.4. The third-order valence-corrected chi connectivity index (χ3v) is 8.28. The molecule has 2 aliphatic heterocycles. The Labute approximate surface area is 212 Å². The summed E-state index contributed by atoms with van der Waals surface area (Å²) in [5.41, 5.74) is 1.76. The Balaban J connectivity index is 1.53. The standard InChI is InChI=1S/C26H37N5O5/c1-26(2)24(34)31(25(35)28(26)3)17-21(22(32)27-36)20(16-18-8-7-9-18)23(33)30-14-12-29(13-15-30)19-10-5-4-6-11-19/h4-6,10-11,18,20-21,36H,7-9,12-17H2,1-3H3,(H,27,32). The van der Waals surface area contributed by atoms with E-state index in [9.17, 15) is 24.4 Å². The highest BCUT2D eigenvalue weighted by Gasteiger charge is 2.51. The van der Waals surface area contributed by atoms with Crippen molar-refractivity contribution in [2.45, 2.75) is 45.1 Å². The lowest BCUT2D eigenvalue weighted by Gasteiger charge is -2.40. The van der Waals surface area contributed by atoms with Crippen LogP contribution in [0.3, 0.4) is 0 Å². The van der Waals surface area contributed by atoms with E-state index in [1.165, 1.54) is 4.90 Å². The smallest absolute Gasteiger partial charge is 0.327 e. The Morgan fingerprint density at radius 3 is 2.19 bits per heavy atom. The highest BCUT2D eigenvalue weighted by molar-refractivity contribution is 6.06. The average molecular weight is 500 g/mol. The molecule has 196 valence electrons. The minimum atomic E-state index is -1.04. The van der Waals surface area contributed by atoms with Gasteiger partial charge in [-0.1, -0.05) is 37.5 Å². The van der Waals surface area contributed by atoms with Gasteiger partial charge in [0.1, 0.15) is 5.54 Å². The van der Waals surface area contributed by atoms with Crippen LogP contribution in [0.15, 0.2) is 30.3 Å². The normalized spacial score (nSPS) is 21.9. The molecule has 0 spiro atoms. The maximum Gasteiger partial charge on any atom is 0.327 e. The molecule has 1 aliphatic carbocycles. The van der Waals surface area contributed by atoms with Crippen molar-refractivity contribution < 1.29 is 24.4 Å². The van der Waals surface area contributed by atoms with Gasteiger partial charge in [0.25, 0.3) is 5.91 Å². The summed E-state index contributed by atoms with van der Waals surface area (Å²) in [6.45, 7) is 5.43. The van der Waals surface area contributed by atoms with Crippen LogP contribution in [-0.4, -0.2) is 89.0 Å². The summed E-state index contributed by atoms with van der Waals surface area (Å²) in [4.78, 5) is 59.0. The number of carbonyl (C=O) groups is 4. The number of imide groups is 1. The monoisotopic (exact) mass is 499 g/mol. The number of rotatable bonds is 8. The number of nitrogens with zero attached hydrogens (tertiary/aromatic N) is 4. The molecule has 4 rings (SSSR count). The zero-order valence-corrected chi connectivity index (χ0v) is 21.4. The van der Waals surface area contributed by atoms with Crippen LogP contribution in [0.25, 0.3) is 0 Å². The van der Waals surface area contributed by atoms with Gasteiger partial charge in [0.15, 0.2) is 0 Å². The maximum absolute atomic E-state index is 13.9. The molecule has 10 nitrogen and oxygen atoms in total. The van der Waals surface area contributed by atoms with Crippen LogP contribution in [0, 0.1) is 17.8 Å². The molecule has 0 aromatic heterocycles. The summed E-state index contributed by atoms with van der Waals surface area (Å²) in [7, 11) is 1.55. The number of benzene rings is 1. The minimum Gasteiger partial charge on any atom is -0.368 e. The molecular formula is C26H37N5O5. The molecule has 10 heteroatoms. The van der Waals surface area contributed by atoms with E-state index < -0.39 is 35.2 Å². The molecule has 0 radical (unpaired) electrons. The SMILES string of the molecule is CN1C(=O)N(CC(C(=O)NO)C(CC2CCC2)C(=O)N2CCN(c3ccccc3)CC2)C(=O)C1(C)C. The molecule has 36 heavy (non-hydrogen) atoms. The summed E-state index contributed by atoms with van der Waals surface area (Å²) in [5, 5.41) is 9.54. The van der Waals surface area contributed by atoms with Gasteiger partial charge in [-0.25, -0.2) is 10.3 Å². The predicted octanol–water partition coefficient (Wildman–Crippen LogP) is 1.94. The average Bonchev–Trinajstić information content (AvgIpc) is 3.01. The first kappa shape index (κ1) is 25.9. The molecule has 1 aromatic rings. The van der Waals surface area contributed by atoms with E-state index >= 15 is 0 Å². The second kappa shape index (κ2) is 10.5. The lowest BCUT2D eigenvalue weighted by atomic mass is 9.74. The van der Waals surface area contributed by atoms with E-state index in [0.29, 0.717) is 38.5 Å². The summed E-state index contributed by atoms with van der Waals surface area (Å²) in [6, 6.07) is 9.52. The summed E-state index contributed by atoms with van der Waals surface area (Å²) >= 11 is 0. The Hall–Kier alpha value is -3.14. The molecule has 2 heterocycles. The van der Waals surface area contributed by atoms with Gasteiger partial charge >= 0.3 is 6.03 Å². The number of hydrogen-bond acceptors (Lipinski definition) is 6. The third kappa shape index (κ3) is 4.91. The molecular weight excluding hydrogens is 462 g/mol. The Kier molecular flexibility index (Phi) is 7.54. The molecule has 3 aliphatic rings. The van der Waals surface area contributed by atoms with Gasteiger partial charge in [-0.3, -0.25) is 24.5 Å². The molecule has 2 saturated heterocycles. The van der Waals surface area contributed by atoms with Crippen LogP contribution >= 0.6 is 0 Å². The minimum absolute atomic E-state index is 0.157. The van der Waals surface area contributed by atoms with Gasteiger partial charge < -0.3 is 14.7 Å². The molecule has 2 unspecified atom stereocenters. The molecule has 1 aromatic carbocycles. The number of nitrogens with one attached hydrogen (secondary N) is 1. The van der Waals surface area contributed by atoms with Crippen LogP contribution in [-0.2, 0) is 14.4 Å². The van der Waals surface area contributed by atoms with Crippen molar-refractivity contribution in [2.24, 2.45) is 17.8 Å². The van der Waals surface area contributed by atoms with E-state index in [1.807, 2.05) is 30.3 Å². The van der Waals surface area contributed by atoms with E-state index in [2.05, 4.69) is 4.90 Å². The summed E-state index contributed by atoms with van der Waals surface area (Å²) in [6.07, 6.45) is 3.54. The van der Waals surface area contributed by atoms with Gasteiger partial charge in [-0.05, 0) is 38.3 Å². The van der Waals surface area contributed by atoms with Gasteiger partial charge in [0.05, 0.1) is 11.8 Å². The second-order valence-electron chi connectivity index (χ2n) is 10.7. The van der Waals surface area contributed by atoms with E-state index in [4.69, 9.17) is 0 Å². The molecule has 3 fully saturated rings. The third-order valence-electron chi connectivity index (χ3n) is 8.28. The summed E-state index contributed by atoms with van der Waals surface area (Å²) in [5.74, 6) is -2.79. The molecule has 5 amide bonds. The van der Waals surface area contributed by atoms with Crippen molar-refractivity contribution in [3.05, 3.63) is 30.3 Å². The van der Waals surface area contributed by atoms with Crippen molar-refractivity contribution >= 4 is 29.4 Å². The van der Waals surface area contributed by atoms with Crippen LogP contribution < -0.4 is 10.4 Å². The molecule has 1 saturated carbocycles. The Bertz CT molecular complexity index is 988. The molecule has 2 atom stereocenters. The van der Waals surface area contributed by atoms with Crippen LogP contribution in [0.2, 0.25) is 0 Å². The highest BCUT2D eigenvalue weighted by Crippen LogP contribution is 2.37. The number of hydroxylamine groups is 1. The number of piperazine rings is 1. The first-order valence-electron chi connectivity index (χ1n) is 12.8. The van der Waals surface area contributed by atoms with E-state index in [1.54, 1.807) is 31.3 Å². The van der Waals surface area contributed by atoms with Crippen molar-refractivity contribution in [2.75, 3.05) is 44.7 Å². The number of amides is 5. The van der Waals surface area contributed by atoms with Crippen LogP contribution in [0.4, 0.5) is 10.5 Å². The topological polar surface area (TPSA) is 114 Å². The van der Waals surface area contributed by atoms with E-state index in [-0.39, 0.29) is 12.5 Å². The molecule has 0 bridgehead atoms. The second-order valence-corrected chi connectivity index (χ2v) is 10.7. The number of anilines is 1. The zero-order chi connectivity index (χ0) is 26.0. The Morgan fingerprint density at radius 1 is 1.06 bits per heavy atom. The van der Waals surface area contributed by atoms with Crippen molar-refractivity contribution in [1.29, 1.82) is 0 Å². The van der Waals surface area contributed by atoms with Gasteiger partial charge in [0.2, 0.25) is 11.8 Å². The first-order chi connectivity index (χ1) is 17.1. The van der Waals surface area contributed by atoms with Gasteiger partial charge in [0, 0.05) is 45.5 Å². The lowest BCUT2D eigenvalue weighted by molar-refractivity contribution is -0.148. The highest BCUT2D eigenvalue weighted by atomic mass is 16.5. The van der Waals surface area contributed by atoms with Crippen LogP contribution in [0.1, 0.15) is 39.5 Å². The Morgan fingerprint density at radius 2 is 1.69 bits per heavy atom. The predicted molar refractivity (Wildman–Crippen MR) is 133 cm³/mol. The van der Waals surface area contributed by atoms with E-state index in [0.717, 1.165) is 29.8 Å². The quantitative estimate of drug-likeness (QED) is 0.321. The fourth-order valence-electron chi connectivity index (χ4n) is 5.40. The van der Waals surface area contributed by atoms with Gasteiger partial charge in [-0.15, -0.1) is 0 Å². The van der Waals surface area contributed by atoms with Gasteiger partial charge in [-0.2, -0.15) is 0 Å². The first-order valence-corrected chi connectivity index (χ1v) is 12.8. The fourth-order valence-corrected chi connectivity index (χ4v) is 5.40. The van der Waals surface area contributed by atoms with Crippen molar-refractivity contribution in [3.63, 3.8) is 0 Å². The largest absolute Gasteiger partial charge is 0.368 e. The number of hydrogen-bond donors (Lipinski definition) is 2. The fraction of sp³-hybridized carbons (Fsp3) is 0.615. The number of likely N-dealkylation sites (N-methyl/N-ethyl adjacent to an activating group) is 1. The lowest BCUT2D eigenvalue weighted by Crippen LogP contribution is -2.54. The summed E-state index contributed by atoms with van der Waals surface area (Å²) < 4.78 is 0. The number of urea groups is 1. The van der Waals surface area contributed by atoms with Crippen molar-refractivity contribution in [1.82, 2.24) is 20.2 Å². The number of carbonyl (C=O) groups excluding carboxylic acids is 4. The molecule has 2 N–H and O–H groups in total. The van der Waals surface area contributed by atoms with Crippen LogP contribution in [0.5, 0.6) is 0 Å².